The van der Waals surface area contributed by atoms with Crippen LogP contribution in [-0.2, 0) is 11.2 Å². The third-order valence-corrected chi connectivity index (χ3v) is 3.95. The number of aromatic nitrogens is 1. The molecule has 1 amide bonds. The SMILES string of the molecule is CC(C)(C)OC(=O)N1CCCCC1CNCCc1cccnc1. The Morgan fingerprint density at radius 1 is 1.43 bits per heavy atom. The van der Waals surface area contributed by atoms with Crippen molar-refractivity contribution in [1.29, 1.82) is 0 Å². The highest BCUT2D eigenvalue weighted by Crippen LogP contribution is 2.20. The van der Waals surface area contributed by atoms with Crippen LogP contribution in [0.1, 0.15) is 45.6 Å². The van der Waals surface area contributed by atoms with E-state index in [-0.39, 0.29) is 12.1 Å². The number of likely N-dealkylation sites (tertiary alicyclic amines) is 1. The average Bonchev–Trinajstić information content (AvgIpc) is 2.51. The van der Waals surface area contributed by atoms with Gasteiger partial charge in [-0.2, -0.15) is 0 Å². The number of pyridine rings is 1. The van der Waals surface area contributed by atoms with E-state index in [1.807, 2.05) is 37.9 Å². The summed E-state index contributed by atoms with van der Waals surface area (Å²) < 4.78 is 5.53. The van der Waals surface area contributed by atoms with Crippen LogP contribution in [0.25, 0.3) is 0 Å². The molecular weight excluding hydrogens is 290 g/mol. The number of nitrogens with zero attached hydrogens (tertiary/aromatic N) is 2. The number of hydrogen-bond acceptors (Lipinski definition) is 4. The molecule has 5 heteroatoms. The molecule has 1 N–H and O–H groups in total. The molecule has 0 radical (unpaired) electrons. The first-order valence-electron chi connectivity index (χ1n) is 8.55. The van der Waals surface area contributed by atoms with E-state index in [4.69, 9.17) is 4.74 Å². The fourth-order valence-electron chi connectivity index (χ4n) is 2.82. The molecule has 2 rings (SSSR count). The summed E-state index contributed by atoms with van der Waals surface area (Å²) in [5, 5.41) is 3.47. The Kier molecular flexibility index (Phi) is 6.39. The van der Waals surface area contributed by atoms with Gasteiger partial charge in [-0.25, -0.2) is 4.79 Å². The predicted molar refractivity (Wildman–Crippen MR) is 91.4 cm³/mol. The van der Waals surface area contributed by atoms with Gasteiger partial charge in [0.05, 0.1) is 0 Å². The van der Waals surface area contributed by atoms with E-state index in [1.54, 1.807) is 6.20 Å². The molecule has 5 nitrogen and oxygen atoms in total. The van der Waals surface area contributed by atoms with E-state index in [1.165, 1.54) is 12.0 Å². The molecule has 1 saturated heterocycles. The predicted octanol–water partition coefficient (Wildman–Crippen LogP) is 3.00. The summed E-state index contributed by atoms with van der Waals surface area (Å²) in [5.41, 5.74) is 0.792. The number of hydrogen-bond donors (Lipinski definition) is 1. The van der Waals surface area contributed by atoms with E-state index >= 15 is 0 Å². The maximum atomic E-state index is 12.3. The van der Waals surface area contributed by atoms with Gasteiger partial charge in [0.15, 0.2) is 0 Å². The van der Waals surface area contributed by atoms with Crippen molar-refractivity contribution in [3.63, 3.8) is 0 Å². The standard InChI is InChI=1S/C18H29N3O2/c1-18(2,3)23-17(22)21-12-5-4-8-16(21)14-20-11-9-15-7-6-10-19-13-15/h6-7,10,13,16,20H,4-5,8-9,11-12,14H2,1-3H3. The van der Waals surface area contributed by atoms with E-state index in [0.717, 1.165) is 38.9 Å². The smallest absolute Gasteiger partial charge is 0.410 e. The van der Waals surface area contributed by atoms with Gasteiger partial charge in [-0.05, 0) is 64.6 Å². The van der Waals surface area contributed by atoms with Crippen molar-refractivity contribution in [2.75, 3.05) is 19.6 Å². The number of rotatable bonds is 5. The Morgan fingerprint density at radius 3 is 2.96 bits per heavy atom. The minimum atomic E-state index is -0.438. The maximum Gasteiger partial charge on any atom is 0.410 e. The molecule has 1 aliphatic heterocycles. The van der Waals surface area contributed by atoms with Crippen LogP contribution in [0, 0.1) is 0 Å². The minimum Gasteiger partial charge on any atom is -0.444 e. The first-order chi connectivity index (χ1) is 11.0. The highest BCUT2D eigenvalue weighted by Gasteiger charge is 2.29. The largest absolute Gasteiger partial charge is 0.444 e. The number of amides is 1. The summed E-state index contributed by atoms with van der Waals surface area (Å²) >= 11 is 0. The Morgan fingerprint density at radius 2 is 2.26 bits per heavy atom. The second kappa shape index (κ2) is 8.29. The van der Waals surface area contributed by atoms with Gasteiger partial charge in [0.1, 0.15) is 5.60 Å². The number of nitrogens with one attached hydrogen (secondary N) is 1. The fraction of sp³-hybridized carbons (Fsp3) is 0.667. The van der Waals surface area contributed by atoms with Gasteiger partial charge in [0.25, 0.3) is 0 Å². The van der Waals surface area contributed by atoms with Crippen LogP contribution in [0.15, 0.2) is 24.5 Å². The molecule has 1 fully saturated rings. The van der Waals surface area contributed by atoms with Crippen molar-refractivity contribution in [2.45, 2.75) is 58.1 Å². The molecule has 1 aliphatic rings. The molecule has 1 aromatic heterocycles. The minimum absolute atomic E-state index is 0.184. The van der Waals surface area contributed by atoms with E-state index < -0.39 is 5.60 Å². The number of carbonyl (C=O) groups is 1. The average molecular weight is 319 g/mol. The quantitative estimate of drug-likeness (QED) is 0.848. The molecule has 128 valence electrons. The second-order valence-corrected chi connectivity index (χ2v) is 7.14. The third-order valence-electron chi connectivity index (χ3n) is 3.95. The molecule has 0 aromatic carbocycles. The first-order valence-corrected chi connectivity index (χ1v) is 8.55. The summed E-state index contributed by atoms with van der Waals surface area (Å²) in [6.45, 7) is 8.25. The first kappa shape index (κ1) is 17.7. The lowest BCUT2D eigenvalue weighted by molar-refractivity contribution is 0.00999. The summed E-state index contributed by atoms with van der Waals surface area (Å²) in [7, 11) is 0. The van der Waals surface area contributed by atoms with E-state index in [2.05, 4.69) is 16.4 Å². The molecule has 0 aliphatic carbocycles. The molecule has 0 saturated carbocycles. The molecule has 1 unspecified atom stereocenters. The van der Waals surface area contributed by atoms with Crippen molar-refractivity contribution in [1.82, 2.24) is 15.2 Å². The lowest BCUT2D eigenvalue weighted by atomic mass is 10.0. The summed E-state index contributed by atoms with van der Waals surface area (Å²) in [5.74, 6) is 0. The lowest BCUT2D eigenvalue weighted by Crippen LogP contribution is -2.50. The lowest BCUT2D eigenvalue weighted by Gasteiger charge is -2.37. The Hall–Kier alpha value is -1.62. The highest BCUT2D eigenvalue weighted by atomic mass is 16.6. The molecule has 2 heterocycles. The van der Waals surface area contributed by atoms with E-state index in [9.17, 15) is 4.79 Å². The molecule has 0 bridgehead atoms. The third kappa shape index (κ3) is 6.18. The van der Waals surface area contributed by atoms with Crippen molar-refractivity contribution in [3.05, 3.63) is 30.1 Å². The number of piperidine rings is 1. The normalized spacial score (nSPS) is 18.7. The van der Waals surface area contributed by atoms with Crippen LogP contribution in [0.3, 0.4) is 0 Å². The topological polar surface area (TPSA) is 54.5 Å². The maximum absolute atomic E-state index is 12.3. The molecule has 23 heavy (non-hydrogen) atoms. The zero-order chi connectivity index (χ0) is 16.7. The molecule has 1 aromatic rings. The van der Waals surface area contributed by atoms with Crippen molar-refractivity contribution < 1.29 is 9.53 Å². The van der Waals surface area contributed by atoms with Crippen LogP contribution in [-0.4, -0.2) is 47.3 Å². The van der Waals surface area contributed by atoms with Gasteiger partial charge in [-0.15, -0.1) is 0 Å². The van der Waals surface area contributed by atoms with Gasteiger partial charge in [0.2, 0.25) is 0 Å². The summed E-state index contributed by atoms with van der Waals surface area (Å²) in [6.07, 6.45) is 7.73. The Bertz CT molecular complexity index is 485. The second-order valence-electron chi connectivity index (χ2n) is 7.14. The van der Waals surface area contributed by atoms with Gasteiger partial charge in [-0.3, -0.25) is 4.98 Å². The van der Waals surface area contributed by atoms with Gasteiger partial charge in [0, 0.05) is 31.5 Å². The van der Waals surface area contributed by atoms with Gasteiger partial charge < -0.3 is 15.0 Å². The fourth-order valence-corrected chi connectivity index (χ4v) is 2.82. The highest BCUT2D eigenvalue weighted by molar-refractivity contribution is 5.68. The van der Waals surface area contributed by atoms with Crippen molar-refractivity contribution in [2.24, 2.45) is 0 Å². The Balaban J connectivity index is 1.78. The number of carbonyl (C=O) groups excluding carboxylic acids is 1. The van der Waals surface area contributed by atoms with Crippen LogP contribution in [0.2, 0.25) is 0 Å². The van der Waals surface area contributed by atoms with Crippen LogP contribution >= 0.6 is 0 Å². The molecule has 0 spiro atoms. The van der Waals surface area contributed by atoms with Crippen LogP contribution < -0.4 is 5.32 Å². The zero-order valence-electron chi connectivity index (χ0n) is 14.5. The zero-order valence-corrected chi connectivity index (χ0v) is 14.5. The van der Waals surface area contributed by atoms with Crippen molar-refractivity contribution >= 4 is 6.09 Å². The van der Waals surface area contributed by atoms with Gasteiger partial charge >= 0.3 is 6.09 Å². The molecular formula is C18H29N3O2. The number of ether oxygens (including phenoxy) is 1. The molecule has 1 atom stereocenters. The monoisotopic (exact) mass is 319 g/mol. The van der Waals surface area contributed by atoms with E-state index in [0.29, 0.717) is 0 Å². The summed E-state index contributed by atoms with van der Waals surface area (Å²) in [4.78, 5) is 18.4. The van der Waals surface area contributed by atoms with Crippen LogP contribution in [0.4, 0.5) is 4.79 Å². The Labute approximate surface area is 139 Å². The summed E-state index contributed by atoms with van der Waals surface area (Å²) in [6, 6.07) is 4.27. The van der Waals surface area contributed by atoms with Crippen molar-refractivity contribution in [3.8, 4) is 0 Å². The van der Waals surface area contributed by atoms with Crippen LogP contribution in [0.5, 0.6) is 0 Å². The van der Waals surface area contributed by atoms with Gasteiger partial charge in [-0.1, -0.05) is 6.07 Å².